The van der Waals surface area contributed by atoms with Gasteiger partial charge in [-0.2, -0.15) is 0 Å². The van der Waals surface area contributed by atoms with Gasteiger partial charge in [0.2, 0.25) is 0 Å². The van der Waals surface area contributed by atoms with Crippen LogP contribution in [0, 0.1) is 17.3 Å². The van der Waals surface area contributed by atoms with Gasteiger partial charge >= 0.3 is 0 Å². The molecule has 0 radical (unpaired) electrons. The number of benzene rings is 6. The largest absolute Gasteiger partial charge is 0.455 e. The molecule has 4 atom stereocenters. The average Bonchev–Trinajstić information content (AvgIpc) is 3.76. The van der Waals surface area contributed by atoms with Gasteiger partial charge in [0, 0.05) is 38.8 Å². The quantitative estimate of drug-likeness (QED) is 0.160. The van der Waals surface area contributed by atoms with Crippen LogP contribution < -0.4 is 0 Å². The molecule has 8 aromatic rings. The van der Waals surface area contributed by atoms with Crippen molar-refractivity contribution in [1.82, 2.24) is 15.0 Å². The van der Waals surface area contributed by atoms with Crippen molar-refractivity contribution in [2.24, 2.45) is 17.3 Å². The van der Waals surface area contributed by atoms with E-state index in [1.807, 2.05) is 18.2 Å². The molecule has 0 aliphatic heterocycles. The molecule has 6 aromatic carbocycles. The van der Waals surface area contributed by atoms with Crippen molar-refractivity contribution in [3.63, 3.8) is 0 Å². The molecule has 4 nitrogen and oxygen atoms in total. The van der Waals surface area contributed by atoms with E-state index in [-0.39, 0.29) is 5.92 Å². The summed E-state index contributed by atoms with van der Waals surface area (Å²) in [6, 6.07) is 51.2. The maximum absolute atomic E-state index is 6.83. The maximum atomic E-state index is 6.83. The van der Waals surface area contributed by atoms with Crippen molar-refractivity contribution in [3.05, 3.63) is 247 Å². The molecule has 0 spiro atoms. The summed E-state index contributed by atoms with van der Waals surface area (Å²) >= 11 is 0. The Hall–Kier alpha value is -7.95. The fourth-order valence-corrected chi connectivity index (χ4v) is 10.4. The molecule has 2 aromatic heterocycles. The van der Waals surface area contributed by atoms with E-state index in [4.69, 9.17) is 19.4 Å². The second-order valence-electron chi connectivity index (χ2n) is 17.8. The van der Waals surface area contributed by atoms with Gasteiger partial charge in [-0.05, 0) is 68.2 Å². The molecule has 0 bridgehead atoms. The van der Waals surface area contributed by atoms with Crippen LogP contribution in [0.15, 0.2) is 234 Å². The number of hydrogen-bond acceptors (Lipinski definition) is 4. The molecule has 4 aliphatic rings. The first kappa shape index (κ1) is 38.7. The second-order valence-corrected chi connectivity index (χ2v) is 17.8. The van der Waals surface area contributed by atoms with Crippen molar-refractivity contribution in [1.29, 1.82) is 0 Å². The molecule has 3 unspecified atom stereocenters. The van der Waals surface area contributed by atoms with Crippen LogP contribution in [-0.2, 0) is 0 Å². The molecule has 65 heavy (non-hydrogen) atoms. The van der Waals surface area contributed by atoms with Gasteiger partial charge in [-0.25, -0.2) is 15.0 Å². The minimum Gasteiger partial charge on any atom is -0.455 e. The molecule has 0 amide bonds. The molecule has 0 N–H and O–H groups in total. The molecule has 2 heterocycles. The van der Waals surface area contributed by atoms with Crippen LogP contribution in [0.3, 0.4) is 0 Å². The van der Waals surface area contributed by atoms with Crippen LogP contribution in [0.25, 0.3) is 78.1 Å². The van der Waals surface area contributed by atoms with Gasteiger partial charge in [0.1, 0.15) is 17.0 Å². The molecule has 4 heteroatoms. The summed E-state index contributed by atoms with van der Waals surface area (Å²) in [4.78, 5) is 15.7. The lowest BCUT2D eigenvalue weighted by atomic mass is 9.64. The number of furan rings is 1. The van der Waals surface area contributed by atoms with Crippen LogP contribution in [0.4, 0.5) is 0 Å². The third-order valence-corrected chi connectivity index (χ3v) is 13.8. The molecule has 12 rings (SSSR count). The van der Waals surface area contributed by atoms with E-state index in [1.54, 1.807) is 0 Å². The summed E-state index contributed by atoms with van der Waals surface area (Å²) in [5.74, 6) is 2.75. The average molecular weight is 836 g/mol. The number of aromatic nitrogens is 3. The lowest BCUT2D eigenvalue weighted by molar-refractivity contribution is 0.445. The topological polar surface area (TPSA) is 51.8 Å². The van der Waals surface area contributed by atoms with Crippen LogP contribution in [-0.4, -0.2) is 15.0 Å². The Balaban J connectivity index is 0.941. The maximum Gasteiger partial charge on any atom is 0.163 e. The van der Waals surface area contributed by atoms with Gasteiger partial charge in [0.15, 0.2) is 11.6 Å². The van der Waals surface area contributed by atoms with Gasteiger partial charge in [-0.1, -0.05) is 220 Å². The van der Waals surface area contributed by atoms with Gasteiger partial charge in [-0.15, -0.1) is 0 Å². The zero-order chi connectivity index (χ0) is 43.5. The minimum absolute atomic E-state index is 0.166. The Morgan fingerprint density at radius 3 is 2.05 bits per heavy atom. The third kappa shape index (κ3) is 6.72. The highest BCUT2D eigenvalue weighted by Gasteiger charge is 2.41. The summed E-state index contributed by atoms with van der Waals surface area (Å²) in [6.45, 7) is 4.62. The molecular formula is C61H45N3O. The minimum atomic E-state index is -0.460. The number of hydrogen-bond donors (Lipinski definition) is 0. The third-order valence-electron chi connectivity index (χ3n) is 13.8. The molecular weight excluding hydrogens is 791 g/mol. The highest BCUT2D eigenvalue weighted by atomic mass is 16.3. The van der Waals surface area contributed by atoms with E-state index in [2.05, 4.69) is 214 Å². The van der Waals surface area contributed by atoms with E-state index in [0.717, 1.165) is 61.2 Å². The number of nitrogens with zero attached hydrogens (tertiary/aromatic N) is 3. The lowest BCUT2D eigenvalue weighted by Crippen LogP contribution is -2.30. The normalized spacial score (nSPS) is 20.8. The van der Waals surface area contributed by atoms with Crippen molar-refractivity contribution < 1.29 is 4.42 Å². The predicted molar refractivity (Wildman–Crippen MR) is 267 cm³/mol. The number of allylic oxidation sites excluding steroid dienone is 16. The van der Waals surface area contributed by atoms with E-state index in [1.165, 1.54) is 33.4 Å². The second kappa shape index (κ2) is 15.7. The van der Waals surface area contributed by atoms with E-state index in [9.17, 15) is 0 Å². The highest BCUT2D eigenvalue weighted by molar-refractivity contribution is 6.14. The summed E-state index contributed by atoms with van der Waals surface area (Å²) in [7, 11) is 0. The van der Waals surface area contributed by atoms with E-state index >= 15 is 0 Å². The van der Waals surface area contributed by atoms with Crippen molar-refractivity contribution in [2.75, 3.05) is 0 Å². The van der Waals surface area contributed by atoms with Gasteiger partial charge in [0.05, 0.1) is 5.92 Å². The Morgan fingerprint density at radius 2 is 1.23 bits per heavy atom. The van der Waals surface area contributed by atoms with E-state index < -0.39 is 5.41 Å². The summed E-state index contributed by atoms with van der Waals surface area (Å²) in [5.41, 5.74) is 15.1. The lowest BCUT2D eigenvalue weighted by Gasteiger charge is -2.39. The zero-order valence-electron chi connectivity index (χ0n) is 36.3. The van der Waals surface area contributed by atoms with Crippen molar-refractivity contribution in [3.8, 4) is 45.0 Å². The summed E-state index contributed by atoms with van der Waals surface area (Å²) < 4.78 is 6.83. The summed E-state index contributed by atoms with van der Waals surface area (Å²) in [6.07, 6.45) is 27.0. The zero-order valence-corrected chi connectivity index (χ0v) is 36.3. The van der Waals surface area contributed by atoms with Crippen LogP contribution in [0.1, 0.15) is 36.7 Å². The fourth-order valence-electron chi connectivity index (χ4n) is 10.4. The Labute approximate surface area is 379 Å². The van der Waals surface area contributed by atoms with Crippen LogP contribution >= 0.6 is 0 Å². The van der Waals surface area contributed by atoms with Gasteiger partial charge < -0.3 is 4.42 Å². The first-order valence-corrected chi connectivity index (χ1v) is 22.6. The van der Waals surface area contributed by atoms with Gasteiger partial charge in [-0.3, -0.25) is 0 Å². The van der Waals surface area contributed by atoms with Crippen LogP contribution in [0.2, 0.25) is 0 Å². The first-order valence-electron chi connectivity index (χ1n) is 22.6. The smallest absolute Gasteiger partial charge is 0.163 e. The number of fused-ring (bicyclic) bond motifs is 5. The molecule has 0 saturated heterocycles. The predicted octanol–water partition coefficient (Wildman–Crippen LogP) is 15.4. The molecule has 4 aliphatic carbocycles. The number of para-hydroxylation sites is 1. The Bertz CT molecular complexity index is 3450. The fraction of sp³-hybridized carbons (Fsp3) is 0.0984. The van der Waals surface area contributed by atoms with Crippen molar-refractivity contribution >= 4 is 33.1 Å². The molecule has 310 valence electrons. The Kier molecular flexibility index (Phi) is 9.34. The molecule has 0 fully saturated rings. The van der Waals surface area contributed by atoms with Gasteiger partial charge in [0.25, 0.3) is 0 Å². The highest BCUT2D eigenvalue weighted by Crippen LogP contribution is 2.53. The van der Waals surface area contributed by atoms with Crippen LogP contribution in [0.5, 0.6) is 0 Å². The summed E-state index contributed by atoms with van der Waals surface area (Å²) in [5, 5.41) is 2.20. The first-order chi connectivity index (χ1) is 32.0. The monoisotopic (exact) mass is 835 g/mol. The molecule has 0 saturated carbocycles. The Morgan fingerprint density at radius 1 is 0.554 bits per heavy atom. The van der Waals surface area contributed by atoms with Crippen molar-refractivity contribution in [2.45, 2.75) is 19.8 Å². The van der Waals surface area contributed by atoms with E-state index in [0.29, 0.717) is 23.5 Å². The standard InChI is InChI=1S/C61H45N3O/c1-39-36-47(38-45-20-9-10-23-48(39)45)41-29-31-43(32-30-41)59-62-58(42-18-7-4-8-19-42)63-60(64-59)54-34-33-50(53-27-11-12-35-61(53,54)2)51-25-15-28-55-56(51)52-26-14-24-49(57(52)65-55)46-22-13-21-44(37-46)40-16-5-3-6-17-40/h3-39,48,54H,1-2H3/t39-,48?,54?,61?/m0/s1. The SMILES string of the molecule is C[C@H]1C=C(c2ccc(-c3nc(-c4ccccc4)nc(C4C=CC(c5cccc6oc7c(-c8cccc(-c9ccccc9)c8)cccc7c56)=C5C=CC=CC54C)n3)cc2)C=C2C=CC=CC21. The number of rotatable bonds is 7.